The van der Waals surface area contributed by atoms with Crippen molar-refractivity contribution in [1.82, 2.24) is 4.98 Å². The molecule has 19 heavy (non-hydrogen) atoms. The Morgan fingerprint density at radius 1 is 1.32 bits per heavy atom. The van der Waals surface area contributed by atoms with Crippen LogP contribution in [-0.2, 0) is 4.79 Å². The van der Waals surface area contributed by atoms with Gasteiger partial charge in [0.05, 0.1) is 10.6 Å². The minimum absolute atomic E-state index is 0.0309. The van der Waals surface area contributed by atoms with Crippen LogP contribution in [0, 0.1) is 12.8 Å². The molecule has 0 unspecified atom stereocenters. The summed E-state index contributed by atoms with van der Waals surface area (Å²) in [6, 6.07) is 10.1. The standard InChI is InChI=1S/C15H18N2OS/c1-10(2)9-13(18)17-15-16-11(3)14(19-15)12-7-5-4-6-8-12/h4-8,10H,9H2,1-3H3,(H,16,17,18). The number of rotatable bonds is 4. The van der Waals surface area contributed by atoms with Crippen molar-refractivity contribution < 1.29 is 4.79 Å². The lowest BCUT2D eigenvalue weighted by atomic mass is 10.1. The first kappa shape index (κ1) is 13.7. The Morgan fingerprint density at radius 2 is 2.00 bits per heavy atom. The van der Waals surface area contributed by atoms with Crippen molar-refractivity contribution in [2.45, 2.75) is 27.2 Å². The van der Waals surface area contributed by atoms with Crippen molar-refractivity contribution in [3.05, 3.63) is 36.0 Å². The number of aromatic nitrogens is 1. The van der Waals surface area contributed by atoms with E-state index in [-0.39, 0.29) is 5.91 Å². The Hall–Kier alpha value is -1.68. The van der Waals surface area contributed by atoms with E-state index in [0.717, 1.165) is 16.1 Å². The first-order valence-corrected chi connectivity index (χ1v) is 7.20. The highest BCUT2D eigenvalue weighted by Gasteiger charge is 2.12. The molecular formula is C15H18N2OS. The summed E-state index contributed by atoms with van der Waals surface area (Å²) in [5.74, 6) is 0.387. The first-order chi connectivity index (χ1) is 9.06. The van der Waals surface area contributed by atoms with Gasteiger partial charge in [0.2, 0.25) is 5.91 Å². The van der Waals surface area contributed by atoms with Crippen molar-refractivity contribution in [1.29, 1.82) is 0 Å². The Morgan fingerprint density at radius 3 is 2.63 bits per heavy atom. The highest BCUT2D eigenvalue weighted by molar-refractivity contribution is 7.19. The summed E-state index contributed by atoms with van der Waals surface area (Å²) < 4.78 is 0. The van der Waals surface area contributed by atoms with Crippen molar-refractivity contribution >= 4 is 22.4 Å². The van der Waals surface area contributed by atoms with Crippen molar-refractivity contribution in [2.75, 3.05) is 5.32 Å². The first-order valence-electron chi connectivity index (χ1n) is 6.39. The molecule has 1 N–H and O–H groups in total. The third-order valence-electron chi connectivity index (χ3n) is 2.67. The Balaban J connectivity index is 2.16. The van der Waals surface area contributed by atoms with Crippen LogP contribution in [0.2, 0.25) is 0 Å². The molecule has 0 radical (unpaired) electrons. The van der Waals surface area contributed by atoms with Gasteiger partial charge in [-0.1, -0.05) is 55.5 Å². The number of hydrogen-bond donors (Lipinski definition) is 1. The minimum Gasteiger partial charge on any atom is -0.302 e. The van der Waals surface area contributed by atoms with E-state index in [0.29, 0.717) is 17.5 Å². The Kier molecular flexibility index (Phi) is 4.32. The van der Waals surface area contributed by atoms with E-state index >= 15 is 0 Å². The second kappa shape index (κ2) is 5.97. The van der Waals surface area contributed by atoms with Crippen molar-refractivity contribution in [3.8, 4) is 10.4 Å². The summed E-state index contributed by atoms with van der Waals surface area (Å²) in [5.41, 5.74) is 2.10. The van der Waals surface area contributed by atoms with Crippen LogP contribution in [0.4, 0.5) is 5.13 Å². The molecule has 0 saturated heterocycles. The summed E-state index contributed by atoms with van der Waals surface area (Å²) in [6.07, 6.45) is 0.527. The predicted molar refractivity (Wildman–Crippen MR) is 80.4 cm³/mol. The number of nitrogens with one attached hydrogen (secondary N) is 1. The molecular weight excluding hydrogens is 256 g/mol. The van der Waals surface area contributed by atoms with Gasteiger partial charge in [0, 0.05) is 6.42 Å². The van der Waals surface area contributed by atoms with Gasteiger partial charge in [-0.15, -0.1) is 0 Å². The fourth-order valence-electron chi connectivity index (χ4n) is 1.85. The zero-order valence-corrected chi connectivity index (χ0v) is 12.3. The number of amides is 1. The molecule has 0 saturated carbocycles. The number of aryl methyl sites for hydroxylation is 1. The van der Waals surface area contributed by atoms with E-state index in [2.05, 4.69) is 22.4 Å². The largest absolute Gasteiger partial charge is 0.302 e. The number of carbonyl (C=O) groups is 1. The van der Waals surface area contributed by atoms with Gasteiger partial charge < -0.3 is 5.32 Å². The van der Waals surface area contributed by atoms with E-state index in [1.54, 1.807) is 0 Å². The predicted octanol–water partition coefficient (Wildman–Crippen LogP) is 4.10. The lowest BCUT2D eigenvalue weighted by Crippen LogP contribution is -2.13. The van der Waals surface area contributed by atoms with Crippen LogP contribution in [0.1, 0.15) is 26.0 Å². The van der Waals surface area contributed by atoms with E-state index in [9.17, 15) is 4.79 Å². The normalized spacial score (nSPS) is 10.7. The third-order valence-corrected chi connectivity index (χ3v) is 3.79. The number of hydrogen-bond acceptors (Lipinski definition) is 3. The lowest BCUT2D eigenvalue weighted by molar-refractivity contribution is -0.116. The molecule has 0 atom stereocenters. The smallest absolute Gasteiger partial charge is 0.226 e. The van der Waals surface area contributed by atoms with Crippen LogP contribution < -0.4 is 5.32 Å². The fourth-order valence-corrected chi connectivity index (χ4v) is 2.84. The minimum atomic E-state index is 0.0309. The number of thiazole rings is 1. The summed E-state index contributed by atoms with van der Waals surface area (Å²) in [4.78, 5) is 17.3. The molecule has 0 spiro atoms. The Labute approximate surface area is 117 Å². The van der Waals surface area contributed by atoms with Crippen LogP contribution in [0.5, 0.6) is 0 Å². The fraction of sp³-hybridized carbons (Fsp3) is 0.333. The van der Waals surface area contributed by atoms with Crippen LogP contribution in [0.25, 0.3) is 10.4 Å². The van der Waals surface area contributed by atoms with Gasteiger partial charge in [0.15, 0.2) is 5.13 Å². The molecule has 0 fully saturated rings. The third kappa shape index (κ3) is 3.64. The maximum Gasteiger partial charge on any atom is 0.226 e. The maximum atomic E-state index is 11.7. The molecule has 1 aromatic heterocycles. The van der Waals surface area contributed by atoms with Gasteiger partial charge in [0.25, 0.3) is 0 Å². The molecule has 3 nitrogen and oxygen atoms in total. The lowest BCUT2D eigenvalue weighted by Gasteiger charge is -2.03. The second-order valence-corrected chi connectivity index (χ2v) is 5.94. The average Bonchev–Trinajstić information content (AvgIpc) is 2.70. The number of benzene rings is 1. The maximum absolute atomic E-state index is 11.7. The van der Waals surface area contributed by atoms with Gasteiger partial charge in [-0.05, 0) is 18.4 Å². The van der Waals surface area contributed by atoms with Gasteiger partial charge >= 0.3 is 0 Å². The highest BCUT2D eigenvalue weighted by Crippen LogP contribution is 2.32. The molecule has 1 aromatic carbocycles. The molecule has 1 heterocycles. The van der Waals surface area contributed by atoms with Crippen molar-refractivity contribution in [3.63, 3.8) is 0 Å². The van der Waals surface area contributed by atoms with Gasteiger partial charge in [0.1, 0.15) is 0 Å². The summed E-state index contributed by atoms with van der Waals surface area (Å²) in [7, 11) is 0. The molecule has 1 amide bonds. The van der Waals surface area contributed by atoms with E-state index in [1.165, 1.54) is 11.3 Å². The molecule has 0 aliphatic carbocycles. The van der Waals surface area contributed by atoms with E-state index < -0.39 is 0 Å². The van der Waals surface area contributed by atoms with Crippen LogP contribution in [-0.4, -0.2) is 10.9 Å². The molecule has 0 aliphatic heterocycles. The average molecular weight is 274 g/mol. The SMILES string of the molecule is Cc1nc(NC(=O)CC(C)C)sc1-c1ccccc1. The zero-order chi connectivity index (χ0) is 13.8. The highest BCUT2D eigenvalue weighted by atomic mass is 32.1. The van der Waals surface area contributed by atoms with Crippen LogP contribution in [0.15, 0.2) is 30.3 Å². The molecule has 2 rings (SSSR count). The molecule has 0 aliphatic rings. The molecule has 4 heteroatoms. The van der Waals surface area contributed by atoms with Crippen molar-refractivity contribution in [2.24, 2.45) is 5.92 Å². The topological polar surface area (TPSA) is 42.0 Å². The zero-order valence-electron chi connectivity index (χ0n) is 11.4. The van der Waals surface area contributed by atoms with Crippen LogP contribution in [0.3, 0.4) is 0 Å². The molecule has 0 bridgehead atoms. The van der Waals surface area contributed by atoms with Gasteiger partial charge in [-0.2, -0.15) is 0 Å². The summed E-state index contributed by atoms with van der Waals surface area (Å²) >= 11 is 1.52. The molecule has 2 aromatic rings. The molecule has 100 valence electrons. The summed E-state index contributed by atoms with van der Waals surface area (Å²) in [6.45, 7) is 6.03. The monoisotopic (exact) mass is 274 g/mol. The van der Waals surface area contributed by atoms with Gasteiger partial charge in [-0.3, -0.25) is 4.79 Å². The van der Waals surface area contributed by atoms with Crippen LogP contribution >= 0.6 is 11.3 Å². The second-order valence-electron chi connectivity index (χ2n) is 4.95. The quantitative estimate of drug-likeness (QED) is 0.912. The summed E-state index contributed by atoms with van der Waals surface area (Å²) in [5, 5.41) is 3.56. The van der Waals surface area contributed by atoms with Gasteiger partial charge in [-0.25, -0.2) is 4.98 Å². The number of nitrogens with zero attached hydrogens (tertiary/aromatic N) is 1. The van der Waals surface area contributed by atoms with E-state index in [4.69, 9.17) is 0 Å². The number of carbonyl (C=O) groups excluding carboxylic acids is 1. The Bertz CT molecular complexity index is 561. The van der Waals surface area contributed by atoms with E-state index in [1.807, 2.05) is 39.0 Å². The number of anilines is 1.